The maximum Gasteiger partial charge on any atom is 1.00 e. The first-order valence-electron chi connectivity index (χ1n) is 4.91. The largest absolute Gasteiger partial charge is 1.00 e. The molecule has 0 radical (unpaired) electrons. The van der Waals surface area contributed by atoms with Crippen molar-refractivity contribution in [1.29, 1.82) is 0 Å². The second-order valence-corrected chi connectivity index (χ2v) is 4.64. The van der Waals surface area contributed by atoms with Gasteiger partial charge in [0.25, 0.3) is 0 Å². The van der Waals surface area contributed by atoms with Crippen LogP contribution in [0.4, 0.5) is 0 Å². The zero-order valence-corrected chi connectivity index (χ0v) is 12.5. The smallest absolute Gasteiger partial charge is 1.00 e. The minimum atomic E-state index is -0.716. The van der Waals surface area contributed by atoms with Crippen molar-refractivity contribution in [3.63, 3.8) is 0 Å². The molecule has 0 spiro atoms. The molecule has 0 aromatic rings. The van der Waals surface area contributed by atoms with Gasteiger partial charge in [-0.25, -0.2) is 0 Å². The van der Waals surface area contributed by atoms with Crippen molar-refractivity contribution >= 4 is 5.97 Å². The number of nitrogens with two attached hydrogens (primary N) is 1. The van der Waals surface area contributed by atoms with Crippen LogP contribution in [0.2, 0.25) is 0 Å². The van der Waals surface area contributed by atoms with Crippen LogP contribution in [0.1, 0.15) is 34.5 Å². The summed E-state index contributed by atoms with van der Waals surface area (Å²) in [6.07, 6.45) is 2.17. The topological polar surface area (TPSA) is 63.3 Å². The number of carbonyl (C=O) groups is 1. The van der Waals surface area contributed by atoms with Gasteiger partial charge in [0.1, 0.15) is 0 Å². The standard InChI is InChI=1S/C10H19NO2.K.H/c1-7-3-10(6-11,4-8(7)2)5-9(12)13;;/h7-8H,3-6,11H2,1-2H3,(H,12,13);;/q;+1;-1. The van der Waals surface area contributed by atoms with Crippen molar-refractivity contribution in [1.82, 2.24) is 0 Å². The van der Waals surface area contributed by atoms with Crippen molar-refractivity contribution in [3.05, 3.63) is 0 Å². The van der Waals surface area contributed by atoms with E-state index in [4.69, 9.17) is 10.8 Å². The Balaban J connectivity index is 0. The van der Waals surface area contributed by atoms with Crippen LogP contribution in [0.15, 0.2) is 0 Å². The van der Waals surface area contributed by atoms with E-state index in [1.807, 2.05) is 0 Å². The van der Waals surface area contributed by atoms with Gasteiger partial charge in [0.05, 0.1) is 6.42 Å². The number of rotatable bonds is 3. The van der Waals surface area contributed by atoms with Crippen molar-refractivity contribution in [2.45, 2.75) is 33.1 Å². The molecule has 4 heteroatoms. The van der Waals surface area contributed by atoms with Crippen LogP contribution in [0, 0.1) is 17.3 Å². The Morgan fingerprint density at radius 1 is 1.50 bits per heavy atom. The summed E-state index contributed by atoms with van der Waals surface area (Å²) >= 11 is 0. The van der Waals surface area contributed by atoms with E-state index in [9.17, 15) is 4.79 Å². The van der Waals surface area contributed by atoms with Crippen molar-refractivity contribution in [3.8, 4) is 0 Å². The van der Waals surface area contributed by atoms with Gasteiger partial charge in [0.2, 0.25) is 0 Å². The van der Waals surface area contributed by atoms with Crippen molar-refractivity contribution < 1.29 is 62.7 Å². The first-order valence-corrected chi connectivity index (χ1v) is 4.91. The molecule has 0 aliphatic heterocycles. The maximum absolute atomic E-state index is 10.7. The van der Waals surface area contributed by atoms with E-state index >= 15 is 0 Å². The van der Waals surface area contributed by atoms with Gasteiger partial charge in [-0.1, -0.05) is 13.8 Å². The Morgan fingerprint density at radius 2 is 1.93 bits per heavy atom. The molecule has 1 saturated carbocycles. The molecular weight excluding hydrogens is 205 g/mol. The van der Waals surface area contributed by atoms with Crippen LogP contribution in [-0.4, -0.2) is 17.6 Å². The monoisotopic (exact) mass is 225 g/mol. The molecule has 2 atom stereocenters. The zero-order chi connectivity index (χ0) is 10.1. The van der Waals surface area contributed by atoms with E-state index in [-0.39, 0.29) is 64.6 Å². The molecule has 0 heterocycles. The zero-order valence-electron chi connectivity index (χ0n) is 10.4. The predicted molar refractivity (Wildman–Crippen MR) is 52.4 cm³/mol. The molecule has 1 rings (SSSR count). The summed E-state index contributed by atoms with van der Waals surface area (Å²) in [5.74, 6) is 0.512. The Hall–Kier alpha value is 1.07. The van der Waals surface area contributed by atoms with Crippen LogP contribution in [-0.2, 0) is 4.79 Å². The van der Waals surface area contributed by atoms with E-state index in [0.29, 0.717) is 18.4 Å². The molecule has 0 aromatic heterocycles. The second-order valence-electron chi connectivity index (χ2n) is 4.64. The summed E-state index contributed by atoms with van der Waals surface area (Å²) in [4.78, 5) is 10.7. The van der Waals surface area contributed by atoms with Gasteiger partial charge in [0.15, 0.2) is 0 Å². The average molecular weight is 225 g/mol. The molecule has 0 saturated heterocycles. The quantitative estimate of drug-likeness (QED) is 0.580. The first kappa shape index (κ1) is 15.1. The molecule has 3 nitrogen and oxygen atoms in total. The molecule has 1 aliphatic rings. The fourth-order valence-corrected chi connectivity index (χ4v) is 2.56. The molecular formula is C10H20KNO2. The fraction of sp³-hybridized carbons (Fsp3) is 0.900. The van der Waals surface area contributed by atoms with Gasteiger partial charge in [-0.2, -0.15) is 0 Å². The summed E-state index contributed by atoms with van der Waals surface area (Å²) < 4.78 is 0. The van der Waals surface area contributed by atoms with E-state index in [0.717, 1.165) is 12.8 Å². The molecule has 2 unspecified atom stereocenters. The summed E-state index contributed by atoms with van der Waals surface area (Å²) in [5, 5.41) is 8.79. The number of hydrogen-bond donors (Lipinski definition) is 2. The second kappa shape index (κ2) is 5.96. The van der Waals surface area contributed by atoms with E-state index < -0.39 is 5.97 Å². The van der Waals surface area contributed by atoms with Crippen LogP contribution in [0.25, 0.3) is 0 Å². The number of carboxylic acids is 1. The van der Waals surface area contributed by atoms with Gasteiger partial charge >= 0.3 is 57.4 Å². The molecule has 0 amide bonds. The average Bonchev–Trinajstić information content (AvgIpc) is 2.27. The molecule has 14 heavy (non-hydrogen) atoms. The minimum absolute atomic E-state index is 0. The Kier molecular flexibility index (Phi) is 6.42. The summed E-state index contributed by atoms with van der Waals surface area (Å²) in [7, 11) is 0. The predicted octanol–water partition coefficient (Wildman–Crippen LogP) is -1.41. The minimum Gasteiger partial charge on any atom is -1.00 e. The summed E-state index contributed by atoms with van der Waals surface area (Å²) in [5.41, 5.74) is 5.56. The van der Waals surface area contributed by atoms with Crippen LogP contribution in [0.3, 0.4) is 0 Å². The first-order chi connectivity index (χ1) is 5.99. The van der Waals surface area contributed by atoms with Gasteiger partial charge in [-0.3, -0.25) is 4.79 Å². The number of hydrogen-bond acceptors (Lipinski definition) is 2. The van der Waals surface area contributed by atoms with Gasteiger partial charge in [-0.05, 0) is 36.6 Å². The van der Waals surface area contributed by atoms with E-state index in [1.54, 1.807) is 0 Å². The number of carboxylic acid groups (broad SMARTS) is 1. The Morgan fingerprint density at radius 3 is 2.21 bits per heavy atom. The number of aliphatic carboxylic acids is 1. The van der Waals surface area contributed by atoms with E-state index in [1.165, 1.54) is 0 Å². The fourth-order valence-electron chi connectivity index (χ4n) is 2.56. The van der Waals surface area contributed by atoms with Crippen molar-refractivity contribution in [2.24, 2.45) is 23.0 Å². The van der Waals surface area contributed by atoms with Gasteiger partial charge in [-0.15, -0.1) is 0 Å². The molecule has 3 N–H and O–H groups in total. The molecule has 0 bridgehead atoms. The Bertz CT molecular complexity index is 204. The van der Waals surface area contributed by atoms with Gasteiger partial charge in [0, 0.05) is 0 Å². The SMILES string of the molecule is CC1CC(CN)(CC(=O)O)CC1C.[H-].[K+]. The normalized spacial score (nSPS) is 36.5. The van der Waals surface area contributed by atoms with Crippen LogP contribution < -0.4 is 57.1 Å². The van der Waals surface area contributed by atoms with Gasteiger partial charge < -0.3 is 12.3 Å². The molecule has 1 fully saturated rings. The third-order valence-corrected chi connectivity index (χ3v) is 3.44. The molecule has 0 aromatic carbocycles. The molecule has 78 valence electrons. The van der Waals surface area contributed by atoms with E-state index in [2.05, 4.69) is 13.8 Å². The summed E-state index contributed by atoms with van der Waals surface area (Å²) in [6, 6.07) is 0. The summed E-state index contributed by atoms with van der Waals surface area (Å²) in [6.45, 7) is 4.88. The third kappa shape index (κ3) is 3.58. The molecule has 1 aliphatic carbocycles. The third-order valence-electron chi connectivity index (χ3n) is 3.44. The Labute approximate surface area is 130 Å². The maximum atomic E-state index is 10.7. The van der Waals surface area contributed by atoms with Crippen LogP contribution in [0.5, 0.6) is 0 Å². The van der Waals surface area contributed by atoms with Crippen LogP contribution >= 0.6 is 0 Å². The van der Waals surface area contributed by atoms with Crippen molar-refractivity contribution in [2.75, 3.05) is 6.54 Å².